The second kappa shape index (κ2) is 6.33. The van der Waals surface area contributed by atoms with Gasteiger partial charge in [0, 0.05) is 6.54 Å². The summed E-state index contributed by atoms with van der Waals surface area (Å²) in [7, 11) is 0. The predicted octanol–water partition coefficient (Wildman–Crippen LogP) is 2.26. The van der Waals surface area contributed by atoms with Crippen molar-refractivity contribution in [3.8, 4) is 0 Å². The Bertz CT molecular complexity index is 386. The molecule has 1 saturated carbocycles. The summed E-state index contributed by atoms with van der Waals surface area (Å²) in [5, 5.41) is 3.26. The summed E-state index contributed by atoms with van der Waals surface area (Å²) in [5.74, 6) is 1.04. The zero-order valence-corrected chi connectivity index (χ0v) is 10.7. The molecule has 1 fully saturated rings. The number of nitrogens with one attached hydrogen (secondary N) is 1. The van der Waals surface area contributed by atoms with Crippen LogP contribution < -0.4 is 5.32 Å². The summed E-state index contributed by atoms with van der Waals surface area (Å²) in [4.78, 5) is 19.6. The molecule has 0 radical (unpaired) electrons. The van der Waals surface area contributed by atoms with E-state index in [4.69, 9.17) is 4.74 Å². The zero-order chi connectivity index (χ0) is 12.8. The molecule has 0 spiro atoms. The number of carbonyl (C=O) groups is 1. The van der Waals surface area contributed by atoms with Gasteiger partial charge < -0.3 is 10.1 Å². The number of nitrogens with zero attached hydrogens (tertiary/aromatic N) is 2. The predicted molar refractivity (Wildman–Crippen MR) is 68.4 cm³/mol. The fourth-order valence-electron chi connectivity index (χ4n) is 2.19. The van der Waals surface area contributed by atoms with E-state index in [1.165, 1.54) is 31.9 Å². The van der Waals surface area contributed by atoms with Crippen LogP contribution in [0.4, 0.5) is 5.82 Å². The van der Waals surface area contributed by atoms with Gasteiger partial charge in [-0.25, -0.2) is 14.8 Å². The molecule has 0 bridgehead atoms. The molecule has 18 heavy (non-hydrogen) atoms. The van der Waals surface area contributed by atoms with Gasteiger partial charge in [-0.3, -0.25) is 0 Å². The Morgan fingerprint density at radius 3 is 2.78 bits per heavy atom. The Morgan fingerprint density at radius 2 is 2.17 bits per heavy atom. The molecule has 98 valence electrons. The Balaban J connectivity index is 1.85. The molecule has 0 atom stereocenters. The molecule has 0 saturated heterocycles. The van der Waals surface area contributed by atoms with E-state index in [1.54, 1.807) is 13.1 Å². The van der Waals surface area contributed by atoms with Crippen molar-refractivity contribution < 1.29 is 9.53 Å². The summed E-state index contributed by atoms with van der Waals surface area (Å²) in [6, 6.07) is 0. The number of aromatic nitrogens is 2. The van der Waals surface area contributed by atoms with Crippen LogP contribution in [0.2, 0.25) is 0 Å². The number of rotatable bonds is 5. The molecule has 0 unspecified atom stereocenters. The largest absolute Gasteiger partial charge is 0.461 e. The number of ether oxygens (including phenoxy) is 1. The van der Waals surface area contributed by atoms with Crippen molar-refractivity contribution in [2.45, 2.75) is 32.6 Å². The molecule has 5 nitrogen and oxygen atoms in total. The van der Waals surface area contributed by atoms with Crippen LogP contribution in [-0.2, 0) is 4.74 Å². The summed E-state index contributed by atoms with van der Waals surface area (Å²) in [6.45, 7) is 3.05. The third-order valence-electron chi connectivity index (χ3n) is 3.18. The molecule has 5 heteroatoms. The normalized spacial score (nSPS) is 15.6. The highest BCUT2D eigenvalue weighted by atomic mass is 16.5. The SMILES string of the molecule is CCOC(=O)c1cnc(NCC2CCCC2)cn1. The monoisotopic (exact) mass is 249 g/mol. The van der Waals surface area contributed by atoms with Gasteiger partial charge in [-0.15, -0.1) is 0 Å². The minimum absolute atomic E-state index is 0.253. The number of esters is 1. The highest BCUT2D eigenvalue weighted by Crippen LogP contribution is 2.24. The first kappa shape index (κ1) is 12.8. The van der Waals surface area contributed by atoms with Crippen LogP contribution in [-0.4, -0.2) is 29.1 Å². The fourth-order valence-corrected chi connectivity index (χ4v) is 2.19. The number of anilines is 1. The Hall–Kier alpha value is -1.65. The highest BCUT2D eigenvalue weighted by molar-refractivity contribution is 5.86. The van der Waals surface area contributed by atoms with Crippen LogP contribution in [0, 0.1) is 5.92 Å². The Morgan fingerprint density at radius 1 is 1.39 bits per heavy atom. The lowest BCUT2D eigenvalue weighted by Gasteiger charge is -2.10. The molecule has 1 N–H and O–H groups in total. The number of carbonyl (C=O) groups excluding carboxylic acids is 1. The van der Waals surface area contributed by atoms with E-state index in [0.29, 0.717) is 6.61 Å². The quantitative estimate of drug-likeness (QED) is 0.811. The van der Waals surface area contributed by atoms with Gasteiger partial charge in [0.25, 0.3) is 0 Å². The first-order valence-corrected chi connectivity index (χ1v) is 6.52. The maximum absolute atomic E-state index is 11.4. The summed E-state index contributed by atoms with van der Waals surface area (Å²) in [6.07, 6.45) is 8.29. The van der Waals surface area contributed by atoms with Crippen LogP contribution in [0.15, 0.2) is 12.4 Å². The molecule has 0 amide bonds. The topological polar surface area (TPSA) is 64.1 Å². The van der Waals surface area contributed by atoms with Gasteiger partial charge in [0.2, 0.25) is 0 Å². The average molecular weight is 249 g/mol. The van der Waals surface area contributed by atoms with E-state index in [9.17, 15) is 4.79 Å². The summed E-state index contributed by atoms with van der Waals surface area (Å²) < 4.78 is 4.85. The second-order valence-corrected chi connectivity index (χ2v) is 4.54. The summed E-state index contributed by atoms with van der Waals surface area (Å²) >= 11 is 0. The first-order valence-electron chi connectivity index (χ1n) is 6.52. The first-order chi connectivity index (χ1) is 8.79. The van der Waals surface area contributed by atoms with E-state index in [1.807, 2.05) is 0 Å². The van der Waals surface area contributed by atoms with Crippen LogP contribution in [0.3, 0.4) is 0 Å². The molecule has 1 heterocycles. The van der Waals surface area contributed by atoms with Gasteiger partial charge in [-0.2, -0.15) is 0 Å². The molecular formula is C13H19N3O2. The molecule has 2 rings (SSSR count). The summed E-state index contributed by atoms with van der Waals surface area (Å²) in [5.41, 5.74) is 0.253. The maximum atomic E-state index is 11.4. The van der Waals surface area contributed by atoms with Crippen LogP contribution in [0.5, 0.6) is 0 Å². The van der Waals surface area contributed by atoms with Gasteiger partial charge >= 0.3 is 5.97 Å². The second-order valence-electron chi connectivity index (χ2n) is 4.54. The van der Waals surface area contributed by atoms with Crippen molar-refractivity contribution in [1.29, 1.82) is 0 Å². The maximum Gasteiger partial charge on any atom is 0.358 e. The van der Waals surface area contributed by atoms with Gasteiger partial charge in [-0.05, 0) is 25.7 Å². The van der Waals surface area contributed by atoms with Crippen molar-refractivity contribution in [3.63, 3.8) is 0 Å². The van der Waals surface area contributed by atoms with Crippen molar-refractivity contribution in [2.24, 2.45) is 5.92 Å². The van der Waals surface area contributed by atoms with Crippen molar-refractivity contribution in [2.75, 3.05) is 18.5 Å². The molecule has 0 aliphatic heterocycles. The van der Waals surface area contributed by atoms with Crippen LogP contribution in [0.25, 0.3) is 0 Å². The third kappa shape index (κ3) is 3.42. The molecule has 1 aliphatic carbocycles. The van der Waals surface area contributed by atoms with Crippen LogP contribution >= 0.6 is 0 Å². The van der Waals surface area contributed by atoms with Crippen molar-refractivity contribution in [3.05, 3.63) is 18.1 Å². The molecule has 0 aromatic carbocycles. The van der Waals surface area contributed by atoms with Gasteiger partial charge in [-0.1, -0.05) is 12.8 Å². The lowest BCUT2D eigenvalue weighted by molar-refractivity contribution is 0.0519. The molecule has 1 aliphatic rings. The molecular weight excluding hydrogens is 230 g/mol. The van der Waals surface area contributed by atoms with Gasteiger partial charge in [0.15, 0.2) is 5.69 Å². The molecule has 1 aromatic heterocycles. The van der Waals surface area contributed by atoms with E-state index in [2.05, 4.69) is 15.3 Å². The van der Waals surface area contributed by atoms with Crippen molar-refractivity contribution in [1.82, 2.24) is 9.97 Å². The Labute approximate surface area is 107 Å². The number of hydrogen-bond acceptors (Lipinski definition) is 5. The number of hydrogen-bond donors (Lipinski definition) is 1. The van der Waals surface area contributed by atoms with E-state index in [-0.39, 0.29) is 5.69 Å². The minimum atomic E-state index is -0.424. The fraction of sp³-hybridized carbons (Fsp3) is 0.615. The van der Waals surface area contributed by atoms with E-state index in [0.717, 1.165) is 18.3 Å². The highest BCUT2D eigenvalue weighted by Gasteiger charge is 2.15. The van der Waals surface area contributed by atoms with Gasteiger partial charge in [0.1, 0.15) is 5.82 Å². The smallest absolute Gasteiger partial charge is 0.358 e. The van der Waals surface area contributed by atoms with E-state index >= 15 is 0 Å². The van der Waals surface area contributed by atoms with Crippen molar-refractivity contribution >= 4 is 11.8 Å². The minimum Gasteiger partial charge on any atom is -0.461 e. The lowest BCUT2D eigenvalue weighted by atomic mass is 10.1. The Kier molecular flexibility index (Phi) is 4.50. The molecule has 1 aromatic rings. The van der Waals surface area contributed by atoms with E-state index < -0.39 is 5.97 Å². The van der Waals surface area contributed by atoms with Gasteiger partial charge in [0.05, 0.1) is 19.0 Å². The van der Waals surface area contributed by atoms with Crippen LogP contribution in [0.1, 0.15) is 43.1 Å². The standard InChI is InChI=1S/C13H19N3O2/c1-2-18-13(17)11-8-16-12(9-14-11)15-7-10-5-3-4-6-10/h8-10H,2-7H2,1H3,(H,15,16). The third-order valence-corrected chi connectivity index (χ3v) is 3.18. The zero-order valence-electron chi connectivity index (χ0n) is 10.7. The lowest BCUT2D eigenvalue weighted by Crippen LogP contribution is -2.13. The average Bonchev–Trinajstić information content (AvgIpc) is 2.90.